The first-order valence-electron chi connectivity index (χ1n) is 4.56. The van der Waals surface area contributed by atoms with Crippen molar-refractivity contribution in [2.24, 2.45) is 5.73 Å². The number of nitrogens with two attached hydrogens (primary N) is 1. The second-order valence-corrected chi connectivity index (χ2v) is 3.26. The molecule has 0 bridgehead atoms. The molecule has 4 heteroatoms. The molecule has 1 aliphatic rings. The van der Waals surface area contributed by atoms with Gasteiger partial charge in [0.1, 0.15) is 12.7 Å². The molecule has 0 aromatic heterocycles. The number of para-hydroxylation sites is 2. The Morgan fingerprint density at radius 3 is 2.86 bits per heavy atom. The van der Waals surface area contributed by atoms with Gasteiger partial charge in [-0.15, -0.1) is 0 Å². The molecule has 4 nitrogen and oxygen atoms in total. The van der Waals surface area contributed by atoms with Crippen LogP contribution in [0.5, 0.6) is 11.5 Å². The van der Waals surface area contributed by atoms with Gasteiger partial charge >= 0.3 is 0 Å². The van der Waals surface area contributed by atoms with E-state index < -0.39 is 6.04 Å². The van der Waals surface area contributed by atoms with Crippen LogP contribution in [0.15, 0.2) is 24.3 Å². The predicted molar refractivity (Wildman–Crippen MR) is 51.4 cm³/mol. The molecule has 2 rings (SSSR count). The summed E-state index contributed by atoms with van der Waals surface area (Å²) in [5.41, 5.74) is 5.65. The van der Waals surface area contributed by atoms with E-state index in [1.54, 1.807) is 0 Å². The molecule has 1 aromatic rings. The van der Waals surface area contributed by atoms with Gasteiger partial charge in [0.15, 0.2) is 11.5 Å². The number of aliphatic hydroxyl groups excluding tert-OH is 1. The van der Waals surface area contributed by atoms with Crippen molar-refractivity contribution in [2.75, 3.05) is 13.2 Å². The van der Waals surface area contributed by atoms with Crippen LogP contribution in [0.25, 0.3) is 0 Å². The molecule has 1 heterocycles. The minimum Gasteiger partial charge on any atom is -0.486 e. The van der Waals surface area contributed by atoms with Crippen LogP contribution in [0.2, 0.25) is 0 Å². The fourth-order valence-electron chi connectivity index (χ4n) is 1.36. The van der Waals surface area contributed by atoms with E-state index in [9.17, 15) is 0 Å². The van der Waals surface area contributed by atoms with E-state index >= 15 is 0 Å². The molecule has 1 aromatic carbocycles. The van der Waals surface area contributed by atoms with Crippen LogP contribution in [0.4, 0.5) is 0 Å². The monoisotopic (exact) mass is 195 g/mol. The van der Waals surface area contributed by atoms with Crippen molar-refractivity contribution in [1.82, 2.24) is 0 Å². The topological polar surface area (TPSA) is 64.7 Å². The van der Waals surface area contributed by atoms with E-state index in [1.165, 1.54) is 0 Å². The van der Waals surface area contributed by atoms with Crippen LogP contribution in [-0.4, -0.2) is 30.5 Å². The highest BCUT2D eigenvalue weighted by Crippen LogP contribution is 2.31. The van der Waals surface area contributed by atoms with Crippen molar-refractivity contribution in [3.05, 3.63) is 24.3 Å². The molecular weight excluding hydrogens is 182 g/mol. The third-order valence-electron chi connectivity index (χ3n) is 2.22. The van der Waals surface area contributed by atoms with E-state index in [0.717, 1.165) is 5.75 Å². The van der Waals surface area contributed by atoms with Crippen LogP contribution < -0.4 is 15.2 Å². The molecule has 0 fully saturated rings. The average Bonchev–Trinajstić information content (AvgIpc) is 2.27. The molecule has 0 radical (unpaired) electrons. The van der Waals surface area contributed by atoms with Crippen molar-refractivity contribution >= 4 is 0 Å². The van der Waals surface area contributed by atoms with E-state index in [1.807, 2.05) is 24.3 Å². The van der Waals surface area contributed by atoms with E-state index in [4.69, 9.17) is 20.3 Å². The Labute approximate surface area is 82.2 Å². The number of fused-ring (bicyclic) bond motifs is 1. The number of hydrogen-bond acceptors (Lipinski definition) is 4. The summed E-state index contributed by atoms with van der Waals surface area (Å²) in [6.07, 6.45) is -0.269. The third-order valence-corrected chi connectivity index (χ3v) is 2.22. The Hall–Kier alpha value is -1.26. The van der Waals surface area contributed by atoms with Crippen LogP contribution in [-0.2, 0) is 0 Å². The molecule has 0 saturated heterocycles. The maximum atomic E-state index is 8.87. The number of ether oxygens (including phenoxy) is 2. The molecule has 0 aliphatic carbocycles. The summed E-state index contributed by atoms with van der Waals surface area (Å²) in [7, 11) is 0. The molecule has 0 amide bonds. The summed E-state index contributed by atoms with van der Waals surface area (Å²) in [6, 6.07) is 7.02. The Bertz CT molecular complexity index is 316. The Morgan fingerprint density at radius 1 is 1.43 bits per heavy atom. The molecule has 0 spiro atoms. The van der Waals surface area contributed by atoms with Crippen LogP contribution in [0, 0.1) is 0 Å². The highest BCUT2D eigenvalue weighted by atomic mass is 16.6. The number of benzene rings is 1. The number of hydrogen-bond donors (Lipinski definition) is 2. The molecule has 3 N–H and O–H groups in total. The lowest BCUT2D eigenvalue weighted by molar-refractivity contribution is 0.0547. The van der Waals surface area contributed by atoms with Gasteiger partial charge in [-0.2, -0.15) is 0 Å². The summed E-state index contributed by atoms with van der Waals surface area (Å²) >= 11 is 0. The molecule has 76 valence electrons. The maximum Gasteiger partial charge on any atom is 0.161 e. The normalized spacial score (nSPS) is 21.7. The smallest absolute Gasteiger partial charge is 0.161 e. The van der Waals surface area contributed by atoms with Gasteiger partial charge in [0.05, 0.1) is 12.6 Å². The molecule has 0 saturated carbocycles. The molecular formula is C10H13NO3. The lowest BCUT2D eigenvalue weighted by Gasteiger charge is -2.29. The summed E-state index contributed by atoms with van der Waals surface area (Å²) in [6.45, 7) is 0.287. The minimum atomic E-state index is -0.400. The van der Waals surface area contributed by atoms with Crippen molar-refractivity contribution in [3.8, 4) is 11.5 Å². The minimum absolute atomic E-state index is 0.101. The Kier molecular flexibility index (Phi) is 2.56. The van der Waals surface area contributed by atoms with Gasteiger partial charge in [0.25, 0.3) is 0 Å². The van der Waals surface area contributed by atoms with Crippen LogP contribution >= 0.6 is 0 Å². The summed E-state index contributed by atoms with van der Waals surface area (Å²) < 4.78 is 11.0. The second-order valence-electron chi connectivity index (χ2n) is 3.26. The van der Waals surface area contributed by atoms with Gasteiger partial charge in [0, 0.05) is 0 Å². The fourth-order valence-corrected chi connectivity index (χ4v) is 1.36. The van der Waals surface area contributed by atoms with Gasteiger partial charge in [-0.05, 0) is 12.1 Å². The van der Waals surface area contributed by atoms with E-state index in [0.29, 0.717) is 12.4 Å². The van der Waals surface area contributed by atoms with Crippen molar-refractivity contribution in [3.63, 3.8) is 0 Å². The lowest BCUT2D eigenvalue weighted by Crippen LogP contribution is -2.46. The van der Waals surface area contributed by atoms with Crippen molar-refractivity contribution in [2.45, 2.75) is 12.1 Å². The zero-order chi connectivity index (χ0) is 9.97. The maximum absolute atomic E-state index is 8.87. The van der Waals surface area contributed by atoms with Gasteiger partial charge in [0.2, 0.25) is 0 Å². The van der Waals surface area contributed by atoms with Gasteiger partial charge < -0.3 is 20.3 Å². The zero-order valence-electron chi connectivity index (χ0n) is 7.72. The standard InChI is InChI=1S/C10H13NO3/c11-7(5-12)10-6-13-8-3-1-2-4-9(8)14-10/h1-4,7,10,12H,5-6,11H2/t7-,10?/m0/s1. The van der Waals surface area contributed by atoms with E-state index in [2.05, 4.69) is 0 Å². The predicted octanol–water partition coefficient (Wildman–Crippen LogP) is 0.146. The SMILES string of the molecule is N[C@@H](CO)C1COc2ccccc2O1. The zero-order valence-corrected chi connectivity index (χ0v) is 7.72. The van der Waals surface area contributed by atoms with Crippen molar-refractivity contribution < 1.29 is 14.6 Å². The van der Waals surface area contributed by atoms with Crippen molar-refractivity contribution in [1.29, 1.82) is 0 Å². The second kappa shape index (κ2) is 3.86. The highest BCUT2D eigenvalue weighted by Gasteiger charge is 2.25. The van der Waals surface area contributed by atoms with Crippen LogP contribution in [0.1, 0.15) is 0 Å². The quantitative estimate of drug-likeness (QED) is 0.704. The number of aliphatic hydroxyl groups is 1. The molecule has 1 aliphatic heterocycles. The summed E-state index contributed by atoms with van der Waals surface area (Å²) in [5.74, 6) is 1.42. The lowest BCUT2D eigenvalue weighted by atomic mass is 10.1. The summed E-state index contributed by atoms with van der Waals surface area (Å²) in [5, 5.41) is 8.87. The van der Waals surface area contributed by atoms with Gasteiger partial charge in [-0.25, -0.2) is 0 Å². The average molecular weight is 195 g/mol. The summed E-state index contributed by atoms with van der Waals surface area (Å²) in [4.78, 5) is 0. The molecule has 2 atom stereocenters. The first-order valence-corrected chi connectivity index (χ1v) is 4.56. The Morgan fingerprint density at radius 2 is 2.14 bits per heavy atom. The number of rotatable bonds is 2. The van der Waals surface area contributed by atoms with Crippen LogP contribution in [0.3, 0.4) is 0 Å². The van der Waals surface area contributed by atoms with E-state index in [-0.39, 0.29) is 12.7 Å². The molecule has 14 heavy (non-hydrogen) atoms. The third kappa shape index (κ3) is 1.66. The first-order chi connectivity index (χ1) is 6.81. The fraction of sp³-hybridized carbons (Fsp3) is 0.400. The van der Waals surface area contributed by atoms with Gasteiger partial charge in [-0.3, -0.25) is 0 Å². The highest BCUT2D eigenvalue weighted by molar-refractivity contribution is 5.40. The Balaban J connectivity index is 2.13. The van der Waals surface area contributed by atoms with Gasteiger partial charge in [-0.1, -0.05) is 12.1 Å². The first kappa shape index (κ1) is 9.30. The largest absolute Gasteiger partial charge is 0.486 e. The molecule has 1 unspecified atom stereocenters.